The van der Waals surface area contributed by atoms with Crippen LogP contribution in [0.25, 0.3) is 0 Å². The van der Waals surface area contributed by atoms with Crippen molar-refractivity contribution in [3.8, 4) is 5.75 Å². The van der Waals surface area contributed by atoms with Gasteiger partial charge in [-0.2, -0.15) is 0 Å². The number of allylic oxidation sites excluding steroid dienone is 5. The van der Waals surface area contributed by atoms with Crippen LogP contribution in [0.15, 0.2) is 47.1 Å². The van der Waals surface area contributed by atoms with Crippen molar-refractivity contribution in [2.24, 2.45) is 22.2 Å². The average molecular weight is 679 g/mol. The molecule has 2 rings (SSSR count). The molecule has 1 aliphatic rings. The molecule has 49 heavy (non-hydrogen) atoms. The Morgan fingerprint density at radius 1 is 0.857 bits per heavy atom. The number of hydrogen-bond donors (Lipinski definition) is 1. The van der Waals surface area contributed by atoms with Crippen molar-refractivity contribution in [2.45, 2.75) is 179 Å². The molecule has 1 aromatic carbocycles. The SMILES string of the molecule is C=C(CCc1cc(C(C)(C)C)c(O)c(C(C)(C)C)c1)CCC(CCC)(COC)COC(C)CCC1=CC(C(C)(C)C)=C(C)C(C(C)(C)C)C1. The van der Waals surface area contributed by atoms with E-state index in [0.29, 0.717) is 18.3 Å². The third-order valence-electron chi connectivity index (χ3n) is 11.0. The molecule has 1 aromatic rings. The van der Waals surface area contributed by atoms with Crippen LogP contribution in [0.2, 0.25) is 0 Å². The van der Waals surface area contributed by atoms with Gasteiger partial charge >= 0.3 is 0 Å². The number of ether oxygens (including phenoxy) is 2. The maximum Gasteiger partial charge on any atom is 0.123 e. The molecule has 0 aliphatic heterocycles. The number of benzene rings is 1. The summed E-state index contributed by atoms with van der Waals surface area (Å²) in [5.74, 6) is 1.03. The molecule has 3 heteroatoms. The van der Waals surface area contributed by atoms with Crippen LogP contribution in [0, 0.1) is 22.2 Å². The summed E-state index contributed by atoms with van der Waals surface area (Å²) < 4.78 is 12.6. The van der Waals surface area contributed by atoms with Crippen molar-refractivity contribution < 1.29 is 14.6 Å². The lowest BCUT2D eigenvalue weighted by Gasteiger charge is -2.39. The first-order chi connectivity index (χ1) is 22.3. The topological polar surface area (TPSA) is 38.7 Å². The molecule has 0 saturated carbocycles. The van der Waals surface area contributed by atoms with Crippen molar-refractivity contribution in [3.63, 3.8) is 0 Å². The number of phenolic OH excluding ortho intramolecular Hbond substituents is 1. The molecular formula is C46H78O3. The highest BCUT2D eigenvalue weighted by molar-refractivity contribution is 5.50. The van der Waals surface area contributed by atoms with E-state index in [2.05, 4.69) is 129 Å². The first kappa shape index (κ1) is 43.3. The van der Waals surface area contributed by atoms with Crippen LogP contribution in [0.3, 0.4) is 0 Å². The summed E-state index contributed by atoms with van der Waals surface area (Å²) in [5.41, 5.74) is 9.45. The zero-order chi connectivity index (χ0) is 37.6. The highest BCUT2D eigenvalue weighted by Crippen LogP contribution is 2.46. The predicted octanol–water partition coefficient (Wildman–Crippen LogP) is 13.2. The average Bonchev–Trinajstić information content (AvgIpc) is 2.95. The Morgan fingerprint density at radius 3 is 1.90 bits per heavy atom. The molecule has 1 N–H and O–H groups in total. The summed E-state index contributed by atoms with van der Waals surface area (Å²) >= 11 is 0. The molecule has 0 aromatic heterocycles. The van der Waals surface area contributed by atoms with E-state index in [0.717, 1.165) is 75.5 Å². The van der Waals surface area contributed by atoms with E-state index in [1.54, 1.807) is 11.1 Å². The lowest BCUT2D eigenvalue weighted by atomic mass is 9.66. The second-order valence-electron chi connectivity index (χ2n) is 19.9. The van der Waals surface area contributed by atoms with Gasteiger partial charge in [0.05, 0.1) is 19.3 Å². The van der Waals surface area contributed by atoms with Gasteiger partial charge in [0.1, 0.15) is 5.75 Å². The van der Waals surface area contributed by atoms with E-state index >= 15 is 0 Å². The maximum atomic E-state index is 11.2. The van der Waals surface area contributed by atoms with Gasteiger partial charge in [-0.25, -0.2) is 0 Å². The van der Waals surface area contributed by atoms with Crippen molar-refractivity contribution in [3.05, 3.63) is 63.8 Å². The molecule has 0 radical (unpaired) electrons. The van der Waals surface area contributed by atoms with Crippen LogP contribution < -0.4 is 0 Å². The number of hydrogen-bond acceptors (Lipinski definition) is 3. The normalized spacial score (nSPS) is 18.4. The van der Waals surface area contributed by atoms with Gasteiger partial charge in [-0.05, 0) is 115 Å². The molecule has 0 fully saturated rings. The van der Waals surface area contributed by atoms with Gasteiger partial charge in [0.2, 0.25) is 0 Å². The van der Waals surface area contributed by atoms with Crippen molar-refractivity contribution in [2.75, 3.05) is 20.3 Å². The second-order valence-corrected chi connectivity index (χ2v) is 19.9. The van der Waals surface area contributed by atoms with Crippen LogP contribution in [-0.4, -0.2) is 31.5 Å². The Morgan fingerprint density at radius 2 is 1.43 bits per heavy atom. The third-order valence-corrected chi connectivity index (χ3v) is 11.0. The van der Waals surface area contributed by atoms with Crippen molar-refractivity contribution in [1.29, 1.82) is 0 Å². The Balaban J connectivity index is 2.09. The van der Waals surface area contributed by atoms with Crippen LogP contribution in [0.5, 0.6) is 5.75 Å². The first-order valence-corrected chi connectivity index (χ1v) is 19.4. The second kappa shape index (κ2) is 17.1. The fourth-order valence-electron chi connectivity index (χ4n) is 7.87. The van der Waals surface area contributed by atoms with Crippen LogP contribution in [0.1, 0.15) is 172 Å². The lowest BCUT2D eigenvalue weighted by molar-refractivity contribution is -0.0466. The van der Waals surface area contributed by atoms with E-state index in [-0.39, 0.29) is 33.2 Å². The summed E-state index contributed by atoms with van der Waals surface area (Å²) in [4.78, 5) is 0. The van der Waals surface area contributed by atoms with E-state index in [1.807, 2.05) is 7.11 Å². The van der Waals surface area contributed by atoms with Gasteiger partial charge < -0.3 is 14.6 Å². The standard InChI is InChI=1S/C46H78O3/c1-18-24-46(30-48-17,25-23-32(2)19-21-35-28-39(44(11,12)13)41(47)40(29-35)45(14,15)16)31-49-33(3)20-22-36-26-37(42(5,6)7)34(4)38(27-36)43(8,9)10/h26,28-29,33,38,47H,2,18-25,27,30-31H2,1,3-17H3. The van der Waals surface area contributed by atoms with Gasteiger partial charge in [0.15, 0.2) is 0 Å². The number of aromatic hydroxyl groups is 1. The summed E-state index contributed by atoms with van der Waals surface area (Å²) in [6.07, 6.45) is 12.1. The molecule has 0 heterocycles. The zero-order valence-electron chi connectivity index (χ0n) is 35.1. The van der Waals surface area contributed by atoms with Gasteiger partial charge in [0.25, 0.3) is 0 Å². The fourth-order valence-corrected chi connectivity index (χ4v) is 7.87. The third kappa shape index (κ3) is 12.7. The molecule has 3 atom stereocenters. The number of rotatable bonds is 16. The molecule has 280 valence electrons. The summed E-state index contributed by atoms with van der Waals surface area (Å²) in [5, 5.41) is 11.2. The van der Waals surface area contributed by atoms with E-state index in [1.165, 1.54) is 16.7 Å². The van der Waals surface area contributed by atoms with Gasteiger partial charge in [0, 0.05) is 12.5 Å². The summed E-state index contributed by atoms with van der Waals surface area (Å²) in [6, 6.07) is 4.43. The van der Waals surface area contributed by atoms with E-state index < -0.39 is 0 Å². The number of methoxy groups -OCH3 is 1. The highest BCUT2D eigenvalue weighted by Gasteiger charge is 2.35. The van der Waals surface area contributed by atoms with Crippen LogP contribution in [0.4, 0.5) is 0 Å². The monoisotopic (exact) mass is 679 g/mol. The minimum atomic E-state index is -0.123. The quantitative estimate of drug-likeness (QED) is 0.177. The Hall–Kier alpha value is -1.84. The maximum absolute atomic E-state index is 11.2. The minimum absolute atomic E-state index is 0.0151. The molecule has 1 aliphatic carbocycles. The highest BCUT2D eigenvalue weighted by atomic mass is 16.5. The van der Waals surface area contributed by atoms with Crippen molar-refractivity contribution in [1.82, 2.24) is 0 Å². The molecule has 3 unspecified atom stereocenters. The lowest BCUT2D eigenvalue weighted by Crippen LogP contribution is -2.34. The molecule has 0 amide bonds. The molecule has 0 saturated heterocycles. The molecule has 0 spiro atoms. The van der Waals surface area contributed by atoms with Gasteiger partial charge in [-0.15, -0.1) is 0 Å². The fraction of sp³-hybridized carbons (Fsp3) is 0.739. The largest absolute Gasteiger partial charge is 0.507 e. The number of phenols is 1. The van der Waals surface area contributed by atoms with Crippen molar-refractivity contribution >= 4 is 0 Å². The summed E-state index contributed by atoms with van der Waals surface area (Å²) in [6.45, 7) is 40.2. The predicted molar refractivity (Wildman–Crippen MR) is 214 cm³/mol. The molecule has 0 bridgehead atoms. The smallest absolute Gasteiger partial charge is 0.123 e. The van der Waals surface area contributed by atoms with E-state index in [4.69, 9.17) is 9.47 Å². The van der Waals surface area contributed by atoms with Gasteiger partial charge in [-0.1, -0.05) is 138 Å². The van der Waals surface area contributed by atoms with Gasteiger partial charge in [-0.3, -0.25) is 0 Å². The van der Waals surface area contributed by atoms with E-state index in [9.17, 15) is 5.11 Å². The summed E-state index contributed by atoms with van der Waals surface area (Å²) in [7, 11) is 1.83. The van der Waals surface area contributed by atoms with Crippen LogP contribution >= 0.6 is 0 Å². The number of aryl methyl sites for hydroxylation is 1. The first-order valence-electron chi connectivity index (χ1n) is 19.4. The Bertz CT molecular complexity index is 1250. The Labute approximate surface area is 304 Å². The molecular weight excluding hydrogens is 601 g/mol. The molecule has 3 nitrogen and oxygen atoms in total. The minimum Gasteiger partial charge on any atom is -0.507 e. The van der Waals surface area contributed by atoms with Crippen LogP contribution in [-0.2, 0) is 26.7 Å². The zero-order valence-corrected chi connectivity index (χ0v) is 35.1. The Kier molecular flexibility index (Phi) is 15.1.